The van der Waals surface area contributed by atoms with Crippen LogP contribution in [-0.4, -0.2) is 54.3 Å². The van der Waals surface area contributed by atoms with E-state index in [-0.39, 0.29) is 38.5 Å². The molecule has 0 bridgehead atoms. The Balaban J connectivity index is 3.85. The largest absolute Gasteiger partial charge is 0.472 e. The number of hydrogen-bond acceptors (Lipinski definition) is 7. The molecule has 0 fully saturated rings. The Hall–Kier alpha value is -4.11. The molecule has 2 atom stereocenters. The Kier molecular flexibility index (Phi) is 40.4. The summed E-state index contributed by atoms with van der Waals surface area (Å²) in [6.45, 7) is 3.10. The van der Waals surface area contributed by atoms with Crippen molar-refractivity contribution in [3.63, 3.8) is 0 Å². The molecule has 59 heavy (non-hydrogen) atoms. The molecule has 9 nitrogen and oxygen atoms in total. The summed E-state index contributed by atoms with van der Waals surface area (Å²) in [6, 6.07) is 0. The highest BCUT2D eigenvalue weighted by Gasteiger charge is 2.23. The lowest BCUT2D eigenvalue weighted by molar-refractivity contribution is -0.147. The molecule has 0 aliphatic rings. The Morgan fingerprint density at radius 1 is 0.508 bits per heavy atom. The van der Waals surface area contributed by atoms with Crippen LogP contribution in [0.1, 0.15) is 117 Å². The van der Waals surface area contributed by atoms with Crippen molar-refractivity contribution >= 4 is 19.7 Å². The summed E-state index contributed by atoms with van der Waals surface area (Å²) in [5, 5.41) is 12.6. The fraction of sp³-hybridized carbons (Fsp3) is 0.469. The third kappa shape index (κ3) is 44.8. The van der Waals surface area contributed by atoms with E-state index in [4.69, 9.17) is 13.8 Å². The van der Waals surface area contributed by atoms with E-state index in [1.165, 1.54) is 0 Å². The van der Waals surface area contributed by atoms with Gasteiger partial charge in [-0.15, -0.1) is 0 Å². The molecule has 1 amide bonds. The number of ether oxygens (including phenoxy) is 1. The standard InChI is InChI=1S/C49H74NO8P/c1-3-5-7-9-11-13-15-17-19-21-23-25-27-29-31-33-35-37-39-41-48(52)50-43-44-57-59(54,55)58-46-47(51)45-56-49(53)42-40-38-36-34-32-30-28-26-24-22-20-18-16-14-12-10-8-6-4-2/h5-8,11-14,17-20,23-26,29-32,35-38,47,51H,3-4,9-10,15-16,21-22,27-28,33-34,39-46H2,1-2H3,(H,50,52)(H,54,55)/b7-5-,8-6-,13-11-,14-12-,19-17-,20-18-,25-23-,26-24-,31-29-,32-30-,37-35-,38-36-. The highest BCUT2D eigenvalue weighted by atomic mass is 31.2. The number of nitrogens with one attached hydrogen (secondary N) is 1. The van der Waals surface area contributed by atoms with Gasteiger partial charge in [0.15, 0.2) is 0 Å². The molecule has 0 saturated heterocycles. The van der Waals surface area contributed by atoms with Crippen molar-refractivity contribution in [3.05, 3.63) is 146 Å². The van der Waals surface area contributed by atoms with Gasteiger partial charge in [-0.25, -0.2) is 4.57 Å². The van der Waals surface area contributed by atoms with Gasteiger partial charge in [-0.1, -0.05) is 160 Å². The molecule has 0 aliphatic carbocycles. The Labute approximate surface area is 356 Å². The van der Waals surface area contributed by atoms with E-state index < -0.39 is 26.5 Å². The summed E-state index contributed by atoms with van der Waals surface area (Å²) in [4.78, 5) is 33.8. The van der Waals surface area contributed by atoms with Gasteiger partial charge in [0.1, 0.15) is 12.7 Å². The van der Waals surface area contributed by atoms with E-state index >= 15 is 0 Å². The number of phosphoric acid groups is 1. The molecule has 0 heterocycles. The number of hydrogen-bond donors (Lipinski definition) is 3. The minimum absolute atomic E-state index is 0.0213. The lowest BCUT2D eigenvalue weighted by atomic mass is 10.2. The summed E-state index contributed by atoms with van der Waals surface area (Å²) in [7, 11) is -4.47. The smallest absolute Gasteiger partial charge is 0.463 e. The molecular weight excluding hydrogens is 762 g/mol. The van der Waals surface area contributed by atoms with Crippen molar-refractivity contribution in [2.24, 2.45) is 0 Å². The summed E-state index contributed by atoms with van der Waals surface area (Å²) < 4.78 is 26.8. The van der Waals surface area contributed by atoms with E-state index in [1.54, 1.807) is 0 Å². The van der Waals surface area contributed by atoms with Crippen LogP contribution in [0.2, 0.25) is 0 Å². The molecule has 0 aromatic carbocycles. The first kappa shape index (κ1) is 54.9. The Morgan fingerprint density at radius 3 is 1.22 bits per heavy atom. The van der Waals surface area contributed by atoms with Gasteiger partial charge in [-0.05, 0) is 89.9 Å². The van der Waals surface area contributed by atoms with Crippen LogP contribution in [0.15, 0.2) is 146 Å². The third-order valence-electron chi connectivity index (χ3n) is 7.79. The van der Waals surface area contributed by atoms with Gasteiger partial charge in [0.25, 0.3) is 0 Å². The Bertz CT molecular complexity index is 1460. The van der Waals surface area contributed by atoms with Crippen molar-refractivity contribution in [1.29, 1.82) is 0 Å². The maximum absolute atomic E-state index is 12.1. The number of aliphatic hydroxyl groups excluding tert-OH is 1. The first-order valence-electron chi connectivity index (χ1n) is 21.3. The van der Waals surface area contributed by atoms with Crippen molar-refractivity contribution in [1.82, 2.24) is 5.32 Å². The van der Waals surface area contributed by atoms with E-state index in [0.717, 1.165) is 77.0 Å². The number of aliphatic hydroxyl groups is 1. The zero-order chi connectivity index (χ0) is 43.2. The molecule has 0 saturated carbocycles. The van der Waals surface area contributed by atoms with Crippen LogP contribution < -0.4 is 5.32 Å². The van der Waals surface area contributed by atoms with Crippen LogP contribution in [0.25, 0.3) is 0 Å². The van der Waals surface area contributed by atoms with Gasteiger partial charge in [-0.3, -0.25) is 18.6 Å². The summed E-state index contributed by atoms with van der Waals surface area (Å²) in [6.07, 6.45) is 62.3. The van der Waals surface area contributed by atoms with E-state index in [2.05, 4.69) is 141 Å². The Morgan fingerprint density at radius 2 is 0.847 bits per heavy atom. The predicted octanol–water partition coefficient (Wildman–Crippen LogP) is 12.1. The molecular formula is C49H74NO8P. The molecule has 3 N–H and O–H groups in total. The van der Waals surface area contributed by atoms with Gasteiger partial charge >= 0.3 is 13.8 Å². The minimum atomic E-state index is -4.47. The van der Waals surface area contributed by atoms with Crippen LogP contribution in [0.4, 0.5) is 0 Å². The number of carbonyl (C=O) groups excluding carboxylic acids is 2. The van der Waals surface area contributed by atoms with Gasteiger partial charge < -0.3 is 20.1 Å². The van der Waals surface area contributed by atoms with E-state index in [0.29, 0.717) is 12.8 Å². The lowest BCUT2D eigenvalue weighted by Crippen LogP contribution is -2.27. The average molecular weight is 836 g/mol. The summed E-state index contributed by atoms with van der Waals surface area (Å²) >= 11 is 0. The van der Waals surface area contributed by atoms with Crippen LogP contribution in [0, 0.1) is 0 Å². The molecule has 0 spiro atoms. The second-order valence-electron chi connectivity index (χ2n) is 13.2. The predicted molar refractivity (Wildman–Crippen MR) is 247 cm³/mol. The zero-order valence-electron chi connectivity index (χ0n) is 35.9. The van der Waals surface area contributed by atoms with E-state index in [9.17, 15) is 24.2 Å². The normalized spacial score (nSPS) is 14.7. The first-order chi connectivity index (χ1) is 28.8. The van der Waals surface area contributed by atoms with Gasteiger partial charge in [-0.2, -0.15) is 0 Å². The monoisotopic (exact) mass is 836 g/mol. The van der Waals surface area contributed by atoms with Crippen LogP contribution >= 0.6 is 7.82 Å². The maximum atomic E-state index is 12.1. The number of carbonyl (C=O) groups is 2. The van der Waals surface area contributed by atoms with Crippen molar-refractivity contribution < 1.29 is 37.9 Å². The van der Waals surface area contributed by atoms with Crippen molar-refractivity contribution in [2.45, 2.75) is 123 Å². The number of amides is 1. The van der Waals surface area contributed by atoms with Crippen molar-refractivity contribution in [2.75, 3.05) is 26.4 Å². The summed E-state index contributed by atoms with van der Waals surface area (Å²) in [5.41, 5.74) is 0. The quantitative estimate of drug-likeness (QED) is 0.0244. The topological polar surface area (TPSA) is 131 Å². The first-order valence-corrected chi connectivity index (χ1v) is 22.8. The molecule has 328 valence electrons. The number of rotatable bonds is 37. The number of esters is 1. The fourth-order valence-electron chi connectivity index (χ4n) is 4.66. The highest BCUT2D eigenvalue weighted by Crippen LogP contribution is 2.42. The second kappa shape index (κ2) is 43.5. The van der Waals surface area contributed by atoms with Crippen LogP contribution in [0.3, 0.4) is 0 Å². The zero-order valence-corrected chi connectivity index (χ0v) is 36.8. The minimum Gasteiger partial charge on any atom is -0.463 e. The molecule has 10 heteroatoms. The van der Waals surface area contributed by atoms with Gasteiger partial charge in [0.2, 0.25) is 5.91 Å². The van der Waals surface area contributed by atoms with Crippen molar-refractivity contribution in [3.8, 4) is 0 Å². The highest BCUT2D eigenvalue weighted by molar-refractivity contribution is 7.47. The van der Waals surface area contributed by atoms with Gasteiger partial charge in [0.05, 0.1) is 13.2 Å². The third-order valence-corrected chi connectivity index (χ3v) is 8.78. The molecule has 2 unspecified atom stereocenters. The van der Waals surface area contributed by atoms with Crippen LogP contribution in [-0.2, 0) is 27.9 Å². The maximum Gasteiger partial charge on any atom is 0.472 e. The molecule has 0 radical (unpaired) electrons. The molecule has 0 rings (SSSR count). The molecule has 0 aromatic rings. The molecule has 0 aliphatic heterocycles. The average Bonchev–Trinajstić information content (AvgIpc) is 3.22. The molecule has 0 aromatic heterocycles. The summed E-state index contributed by atoms with van der Waals surface area (Å²) in [5.74, 6) is -0.705. The lowest BCUT2D eigenvalue weighted by Gasteiger charge is -2.15. The fourth-order valence-corrected chi connectivity index (χ4v) is 5.42. The number of allylic oxidation sites excluding steroid dienone is 24. The second-order valence-corrected chi connectivity index (χ2v) is 14.6. The SMILES string of the molecule is CC/C=C\C/C=C\C/C=C\C/C=C\C/C=C\C/C=C\CCC(=O)NCCOP(=O)(O)OCC(O)COC(=O)CC/C=C\C/C=C\C/C=C\C/C=C\C/C=C\C/C=C\CC. The van der Waals surface area contributed by atoms with E-state index in [1.807, 2.05) is 24.3 Å². The van der Waals surface area contributed by atoms with Gasteiger partial charge in [0, 0.05) is 19.4 Å². The number of phosphoric ester groups is 1. The van der Waals surface area contributed by atoms with Crippen LogP contribution in [0.5, 0.6) is 0 Å².